The van der Waals surface area contributed by atoms with Gasteiger partial charge in [-0.15, -0.1) is 0 Å². The maximum atomic E-state index is 12.9. The maximum Gasteiger partial charge on any atom is 0.226 e. The standard InChI is InChI=1S/C22H30N2O2.C5H12/c25-22(19-6-7-21(16-19)23-20-10-14-26-15-11-20)24-12-8-18(9-13-24)17-4-2-1-3-5-17;1-3-5-4-2/h1-5,8,19-21,23H,6-7,9-16H2;3-5H2,1-2H3. The lowest BCUT2D eigenvalue weighted by atomic mass is 9.98. The highest BCUT2D eigenvalue weighted by molar-refractivity contribution is 5.81. The molecule has 172 valence electrons. The first kappa shape index (κ1) is 24.0. The van der Waals surface area contributed by atoms with Gasteiger partial charge in [0.05, 0.1) is 0 Å². The number of unbranched alkanes of at least 4 members (excludes halogenated alkanes) is 2. The molecule has 4 nitrogen and oxygen atoms in total. The Hall–Kier alpha value is -1.65. The van der Waals surface area contributed by atoms with Crippen LogP contribution < -0.4 is 5.32 Å². The summed E-state index contributed by atoms with van der Waals surface area (Å²) in [6.45, 7) is 7.78. The van der Waals surface area contributed by atoms with Gasteiger partial charge in [-0.25, -0.2) is 0 Å². The molecule has 1 aromatic carbocycles. The molecular weight excluding hydrogens is 384 g/mol. The largest absolute Gasteiger partial charge is 0.381 e. The van der Waals surface area contributed by atoms with Crippen LogP contribution in [0.4, 0.5) is 0 Å². The topological polar surface area (TPSA) is 41.6 Å². The van der Waals surface area contributed by atoms with Crippen molar-refractivity contribution in [1.29, 1.82) is 0 Å². The van der Waals surface area contributed by atoms with Crippen LogP contribution in [0.3, 0.4) is 0 Å². The van der Waals surface area contributed by atoms with E-state index in [1.807, 2.05) is 6.07 Å². The average Bonchev–Trinajstić information content (AvgIpc) is 3.29. The van der Waals surface area contributed by atoms with E-state index in [4.69, 9.17) is 4.74 Å². The Kier molecular flexibility index (Phi) is 10.1. The van der Waals surface area contributed by atoms with Gasteiger partial charge < -0.3 is 15.0 Å². The van der Waals surface area contributed by atoms with E-state index in [2.05, 4.69) is 54.4 Å². The lowest BCUT2D eigenvalue weighted by Gasteiger charge is -2.29. The summed E-state index contributed by atoms with van der Waals surface area (Å²) in [5, 5.41) is 3.77. The highest BCUT2D eigenvalue weighted by atomic mass is 16.5. The van der Waals surface area contributed by atoms with Crippen LogP contribution in [0.1, 0.15) is 77.2 Å². The average molecular weight is 427 g/mol. The number of carbonyl (C=O) groups excluding carboxylic acids is 1. The van der Waals surface area contributed by atoms with Gasteiger partial charge in [0.15, 0.2) is 0 Å². The third-order valence-corrected chi connectivity index (χ3v) is 6.85. The molecule has 0 aromatic heterocycles. The second-order valence-corrected chi connectivity index (χ2v) is 9.24. The summed E-state index contributed by atoms with van der Waals surface area (Å²) < 4.78 is 5.44. The Bertz CT molecular complexity index is 680. The lowest BCUT2D eigenvalue weighted by Crippen LogP contribution is -2.42. The van der Waals surface area contributed by atoms with Gasteiger partial charge in [-0.3, -0.25) is 4.79 Å². The van der Waals surface area contributed by atoms with Crippen LogP contribution in [0.25, 0.3) is 5.57 Å². The molecule has 2 heterocycles. The van der Waals surface area contributed by atoms with Crippen LogP contribution in [-0.2, 0) is 9.53 Å². The number of benzene rings is 1. The summed E-state index contributed by atoms with van der Waals surface area (Å²) in [6.07, 6.45) is 12.7. The van der Waals surface area contributed by atoms with Crippen molar-refractivity contribution in [3.8, 4) is 0 Å². The maximum absolute atomic E-state index is 12.9. The Morgan fingerprint density at radius 1 is 1.03 bits per heavy atom. The first-order valence-electron chi connectivity index (χ1n) is 12.6. The van der Waals surface area contributed by atoms with Crippen LogP contribution in [0, 0.1) is 5.92 Å². The molecule has 0 spiro atoms. The van der Waals surface area contributed by atoms with E-state index in [1.54, 1.807) is 0 Å². The highest BCUT2D eigenvalue weighted by Gasteiger charge is 2.34. The predicted octanol–water partition coefficient (Wildman–Crippen LogP) is 5.44. The van der Waals surface area contributed by atoms with E-state index in [0.29, 0.717) is 18.0 Å². The molecule has 4 rings (SSSR count). The molecule has 2 atom stereocenters. The van der Waals surface area contributed by atoms with Crippen molar-refractivity contribution >= 4 is 11.5 Å². The molecule has 2 fully saturated rings. The molecule has 0 bridgehead atoms. The van der Waals surface area contributed by atoms with Crippen molar-refractivity contribution in [1.82, 2.24) is 10.2 Å². The summed E-state index contributed by atoms with van der Waals surface area (Å²) >= 11 is 0. The summed E-state index contributed by atoms with van der Waals surface area (Å²) in [5.41, 5.74) is 2.67. The number of nitrogens with zero attached hydrogens (tertiary/aromatic N) is 1. The van der Waals surface area contributed by atoms with Gasteiger partial charge in [0.1, 0.15) is 0 Å². The zero-order chi connectivity index (χ0) is 21.9. The second kappa shape index (κ2) is 13.0. The molecule has 1 aromatic rings. The Balaban J connectivity index is 0.000000491. The summed E-state index contributed by atoms with van der Waals surface area (Å²) in [5.74, 6) is 0.573. The van der Waals surface area contributed by atoms with Crippen LogP contribution in [0.5, 0.6) is 0 Å². The minimum Gasteiger partial charge on any atom is -0.381 e. The number of rotatable bonds is 6. The molecule has 1 aliphatic carbocycles. The first-order valence-corrected chi connectivity index (χ1v) is 12.6. The van der Waals surface area contributed by atoms with Gasteiger partial charge in [0.2, 0.25) is 5.91 Å². The zero-order valence-electron chi connectivity index (χ0n) is 19.7. The van der Waals surface area contributed by atoms with E-state index in [1.165, 1.54) is 30.4 Å². The fourth-order valence-electron chi connectivity index (χ4n) is 4.95. The molecule has 4 heteroatoms. The lowest BCUT2D eigenvalue weighted by molar-refractivity contribution is -0.134. The zero-order valence-corrected chi connectivity index (χ0v) is 19.7. The van der Waals surface area contributed by atoms with Crippen molar-refractivity contribution in [3.05, 3.63) is 42.0 Å². The Morgan fingerprint density at radius 3 is 2.39 bits per heavy atom. The van der Waals surface area contributed by atoms with Crippen molar-refractivity contribution in [2.24, 2.45) is 5.92 Å². The van der Waals surface area contributed by atoms with Gasteiger partial charge in [-0.2, -0.15) is 0 Å². The monoisotopic (exact) mass is 426 g/mol. The number of amides is 1. The quantitative estimate of drug-likeness (QED) is 0.659. The predicted molar refractivity (Wildman–Crippen MR) is 129 cm³/mol. The molecular formula is C27H42N2O2. The molecule has 1 amide bonds. The van der Waals surface area contributed by atoms with Crippen molar-refractivity contribution in [2.45, 2.75) is 83.7 Å². The van der Waals surface area contributed by atoms with Crippen LogP contribution >= 0.6 is 0 Å². The van der Waals surface area contributed by atoms with Gasteiger partial charge in [0, 0.05) is 44.3 Å². The Morgan fingerprint density at radius 2 is 1.77 bits per heavy atom. The molecule has 31 heavy (non-hydrogen) atoms. The number of ether oxygens (including phenoxy) is 1. The number of carbonyl (C=O) groups is 1. The molecule has 1 saturated heterocycles. The molecule has 1 N–H and O–H groups in total. The first-order chi connectivity index (χ1) is 15.2. The van der Waals surface area contributed by atoms with E-state index in [0.717, 1.165) is 64.8 Å². The van der Waals surface area contributed by atoms with E-state index < -0.39 is 0 Å². The Labute approximate surface area is 189 Å². The van der Waals surface area contributed by atoms with Gasteiger partial charge in [0.25, 0.3) is 0 Å². The molecule has 3 aliphatic rings. The number of hydrogen-bond donors (Lipinski definition) is 1. The fourth-order valence-corrected chi connectivity index (χ4v) is 4.95. The number of hydrogen-bond acceptors (Lipinski definition) is 3. The minimum absolute atomic E-state index is 0.207. The normalized spacial score (nSPS) is 24.3. The third kappa shape index (κ3) is 7.47. The van der Waals surface area contributed by atoms with Gasteiger partial charge in [-0.05, 0) is 49.7 Å². The summed E-state index contributed by atoms with van der Waals surface area (Å²) in [6, 6.07) is 11.6. The van der Waals surface area contributed by atoms with E-state index >= 15 is 0 Å². The smallest absolute Gasteiger partial charge is 0.226 e. The SMILES string of the molecule is CCCCC.O=C(C1CCC(NC2CCOCC2)C1)N1CC=C(c2ccccc2)CC1. The van der Waals surface area contributed by atoms with Crippen LogP contribution in [0.15, 0.2) is 36.4 Å². The van der Waals surface area contributed by atoms with Gasteiger partial charge >= 0.3 is 0 Å². The van der Waals surface area contributed by atoms with Gasteiger partial charge in [-0.1, -0.05) is 69.5 Å². The van der Waals surface area contributed by atoms with Crippen LogP contribution in [0.2, 0.25) is 0 Å². The molecule has 2 unspecified atom stereocenters. The van der Waals surface area contributed by atoms with E-state index in [9.17, 15) is 4.79 Å². The van der Waals surface area contributed by atoms with Crippen molar-refractivity contribution < 1.29 is 9.53 Å². The fraction of sp³-hybridized carbons (Fsp3) is 0.667. The molecule has 0 radical (unpaired) electrons. The minimum atomic E-state index is 0.207. The second-order valence-electron chi connectivity index (χ2n) is 9.24. The highest BCUT2D eigenvalue weighted by Crippen LogP contribution is 2.30. The summed E-state index contributed by atoms with van der Waals surface area (Å²) in [4.78, 5) is 15.0. The van der Waals surface area contributed by atoms with Crippen molar-refractivity contribution in [3.63, 3.8) is 0 Å². The van der Waals surface area contributed by atoms with Crippen LogP contribution in [-0.4, -0.2) is 49.2 Å². The van der Waals surface area contributed by atoms with E-state index in [-0.39, 0.29) is 5.92 Å². The molecule has 2 aliphatic heterocycles. The molecule has 1 saturated carbocycles. The summed E-state index contributed by atoms with van der Waals surface area (Å²) in [7, 11) is 0. The number of nitrogens with one attached hydrogen (secondary N) is 1. The third-order valence-electron chi connectivity index (χ3n) is 6.85. The van der Waals surface area contributed by atoms with Crippen molar-refractivity contribution in [2.75, 3.05) is 26.3 Å².